The van der Waals surface area contributed by atoms with Gasteiger partial charge in [0.15, 0.2) is 0 Å². The number of hydrogen-bond donors (Lipinski definition) is 0. The number of aryl methyl sites for hydroxylation is 1. The van der Waals surface area contributed by atoms with Gasteiger partial charge in [-0.3, -0.25) is 0 Å². The highest BCUT2D eigenvalue weighted by Gasteiger charge is 2.28. The molecule has 0 aliphatic rings. The Morgan fingerprint density at radius 3 is 1.84 bits per heavy atom. The lowest BCUT2D eigenvalue weighted by atomic mass is 9.71. The molecule has 0 heterocycles. The molecule has 0 radical (unpaired) electrons. The normalized spacial score (nSPS) is 15.7. The van der Waals surface area contributed by atoms with Gasteiger partial charge in [0.05, 0.1) is 0 Å². The minimum Gasteiger partial charge on any atom is -0.0614 e. The third kappa shape index (κ3) is 3.41. The van der Waals surface area contributed by atoms with Gasteiger partial charge in [-0.2, -0.15) is 0 Å². The van der Waals surface area contributed by atoms with Gasteiger partial charge >= 0.3 is 0 Å². The summed E-state index contributed by atoms with van der Waals surface area (Å²) in [6, 6.07) is 4.66. The largest absolute Gasteiger partial charge is 0.0614 e. The Bertz CT molecular complexity index is 432. The fourth-order valence-electron chi connectivity index (χ4n) is 3.28. The second kappa shape index (κ2) is 5.69. The summed E-state index contributed by atoms with van der Waals surface area (Å²) in [5, 5.41) is 0. The predicted octanol–water partition coefficient (Wildman–Crippen LogP) is 6.21. The minimum absolute atomic E-state index is 0.356. The molecule has 1 aromatic rings. The van der Waals surface area contributed by atoms with Gasteiger partial charge in [0.1, 0.15) is 0 Å². The van der Waals surface area contributed by atoms with Crippen molar-refractivity contribution in [3.05, 3.63) is 34.4 Å². The number of hydrogen-bond acceptors (Lipinski definition) is 0. The van der Waals surface area contributed by atoms with E-state index in [1.54, 1.807) is 5.56 Å². The van der Waals surface area contributed by atoms with Crippen molar-refractivity contribution in [2.75, 3.05) is 0 Å². The third-order valence-electron chi connectivity index (χ3n) is 4.96. The van der Waals surface area contributed by atoms with Crippen molar-refractivity contribution in [3.8, 4) is 0 Å². The molecule has 0 heteroatoms. The van der Waals surface area contributed by atoms with E-state index < -0.39 is 0 Å². The monoisotopic (exact) mass is 260 g/mol. The summed E-state index contributed by atoms with van der Waals surface area (Å²) < 4.78 is 0. The highest BCUT2D eigenvalue weighted by molar-refractivity contribution is 5.43. The number of rotatable bonds is 3. The van der Waals surface area contributed by atoms with Gasteiger partial charge in [-0.1, -0.05) is 60.6 Å². The van der Waals surface area contributed by atoms with Gasteiger partial charge < -0.3 is 0 Å². The first-order valence-corrected chi connectivity index (χ1v) is 7.67. The van der Waals surface area contributed by atoms with E-state index in [0.717, 1.165) is 0 Å². The molecule has 0 aliphatic heterocycles. The molecule has 108 valence electrons. The second-order valence-corrected chi connectivity index (χ2v) is 7.61. The van der Waals surface area contributed by atoms with Crippen LogP contribution in [-0.4, -0.2) is 0 Å². The maximum Gasteiger partial charge on any atom is -0.0157 e. The van der Waals surface area contributed by atoms with Crippen LogP contribution in [0.25, 0.3) is 0 Å². The standard InChI is InChI=1S/C19H32/c1-12(2)18-13(3)10-11-17(15(18)5)14(4)16(6)19(7,8)9/h10-12,14,16H,1-9H3/t14?,16-/m1/s1. The lowest BCUT2D eigenvalue weighted by Crippen LogP contribution is -2.23. The lowest BCUT2D eigenvalue weighted by Gasteiger charge is -2.34. The van der Waals surface area contributed by atoms with E-state index >= 15 is 0 Å². The van der Waals surface area contributed by atoms with Crippen LogP contribution in [0.5, 0.6) is 0 Å². The molecular formula is C19H32. The summed E-state index contributed by atoms with van der Waals surface area (Å²) in [5.41, 5.74) is 6.39. The topological polar surface area (TPSA) is 0 Å². The van der Waals surface area contributed by atoms with Crippen molar-refractivity contribution in [1.82, 2.24) is 0 Å². The van der Waals surface area contributed by atoms with Gasteiger partial charge in [0.25, 0.3) is 0 Å². The molecule has 0 N–H and O–H groups in total. The second-order valence-electron chi connectivity index (χ2n) is 7.61. The van der Waals surface area contributed by atoms with Crippen molar-refractivity contribution in [2.45, 2.75) is 74.1 Å². The van der Waals surface area contributed by atoms with Crippen molar-refractivity contribution in [3.63, 3.8) is 0 Å². The Morgan fingerprint density at radius 2 is 1.42 bits per heavy atom. The van der Waals surface area contributed by atoms with Gasteiger partial charge in [-0.15, -0.1) is 0 Å². The van der Waals surface area contributed by atoms with E-state index in [-0.39, 0.29) is 0 Å². The van der Waals surface area contributed by atoms with Crippen LogP contribution in [0.15, 0.2) is 12.1 Å². The fourth-order valence-corrected chi connectivity index (χ4v) is 3.28. The molecule has 0 saturated carbocycles. The third-order valence-corrected chi connectivity index (χ3v) is 4.96. The van der Waals surface area contributed by atoms with Crippen LogP contribution in [0.3, 0.4) is 0 Å². The highest BCUT2D eigenvalue weighted by Crippen LogP contribution is 2.40. The quantitative estimate of drug-likeness (QED) is 0.606. The molecule has 0 aliphatic carbocycles. The summed E-state index contributed by atoms with van der Waals surface area (Å²) in [6.07, 6.45) is 0. The summed E-state index contributed by atoms with van der Waals surface area (Å²) in [4.78, 5) is 0. The van der Waals surface area contributed by atoms with Crippen LogP contribution in [-0.2, 0) is 0 Å². The smallest absolute Gasteiger partial charge is 0.0157 e. The van der Waals surface area contributed by atoms with Crippen LogP contribution >= 0.6 is 0 Å². The van der Waals surface area contributed by atoms with Crippen molar-refractivity contribution in [1.29, 1.82) is 0 Å². The van der Waals surface area contributed by atoms with Crippen molar-refractivity contribution in [2.24, 2.45) is 11.3 Å². The van der Waals surface area contributed by atoms with E-state index in [1.807, 2.05) is 0 Å². The van der Waals surface area contributed by atoms with E-state index in [1.165, 1.54) is 16.7 Å². The van der Waals surface area contributed by atoms with Crippen LogP contribution < -0.4 is 0 Å². The van der Waals surface area contributed by atoms with Crippen LogP contribution in [0.1, 0.15) is 82.6 Å². The van der Waals surface area contributed by atoms with Crippen LogP contribution in [0.2, 0.25) is 0 Å². The zero-order chi connectivity index (χ0) is 15.0. The minimum atomic E-state index is 0.356. The maximum atomic E-state index is 2.39. The van der Waals surface area contributed by atoms with Crippen molar-refractivity contribution >= 4 is 0 Å². The Morgan fingerprint density at radius 1 is 0.895 bits per heavy atom. The van der Waals surface area contributed by atoms with Gasteiger partial charge in [-0.05, 0) is 59.3 Å². The summed E-state index contributed by atoms with van der Waals surface area (Å²) >= 11 is 0. The Balaban J connectivity index is 3.26. The zero-order valence-corrected chi connectivity index (χ0v) is 14.4. The van der Waals surface area contributed by atoms with E-state index in [9.17, 15) is 0 Å². The molecule has 1 rings (SSSR count). The molecular weight excluding hydrogens is 228 g/mol. The Hall–Kier alpha value is -0.780. The summed E-state index contributed by atoms with van der Waals surface area (Å²) in [7, 11) is 0. The molecule has 2 atom stereocenters. The summed E-state index contributed by atoms with van der Waals surface area (Å²) in [6.45, 7) is 21.0. The SMILES string of the molecule is Cc1ccc(C(C)[C@@H](C)C(C)(C)C)c(C)c1C(C)C. The van der Waals surface area contributed by atoms with Crippen LogP contribution in [0.4, 0.5) is 0 Å². The molecule has 1 unspecified atom stereocenters. The molecule has 0 amide bonds. The predicted molar refractivity (Wildman–Crippen MR) is 87.0 cm³/mol. The first kappa shape index (κ1) is 16.3. The zero-order valence-electron chi connectivity index (χ0n) is 14.4. The number of benzene rings is 1. The fraction of sp³-hybridized carbons (Fsp3) is 0.684. The maximum absolute atomic E-state index is 2.39. The van der Waals surface area contributed by atoms with Crippen molar-refractivity contribution < 1.29 is 0 Å². The molecule has 0 saturated heterocycles. The van der Waals surface area contributed by atoms with Crippen LogP contribution in [0, 0.1) is 25.2 Å². The molecule has 0 aromatic heterocycles. The van der Waals surface area contributed by atoms with E-state index in [4.69, 9.17) is 0 Å². The average Bonchev–Trinajstić information content (AvgIpc) is 2.25. The van der Waals surface area contributed by atoms with Gasteiger partial charge in [0, 0.05) is 0 Å². The molecule has 19 heavy (non-hydrogen) atoms. The first-order chi connectivity index (χ1) is 8.57. The van der Waals surface area contributed by atoms with Gasteiger partial charge in [-0.25, -0.2) is 0 Å². The average molecular weight is 260 g/mol. The molecule has 0 spiro atoms. The lowest BCUT2D eigenvalue weighted by molar-refractivity contribution is 0.228. The van der Waals surface area contributed by atoms with Gasteiger partial charge in [0.2, 0.25) is 0 Å². The molecule has 0 nitrogen and oxygen atoms in total. The Labute approximate surface area is 120 Å². The highest BCUT2D eigenvalue weighted by atomic mass is 14.3. The summed E-state index contributed by atoms with van der Waals surface area (Å²) in [5.74, 6) is 1.89. The molecule has 1 aromatic carbocycles. The Kier molecular flexibility index (Phi) is 4.87. The molecule has 0 bridgehead atoms. The van der Waals surface area contributed by atoms with E-state index in [0.29, 0.717) is 23.2 Å². The molecule has 0 fully saturated rings. The van der Waals surface area contributed by atoms with E-state index in [2.05, 4.69) is 74.4 Å². The first-order valence-electron chi connectivity index (χ1n) is 7.67.